The number of hydrogen-bond acceptors (Lipinski definition) is 4. The molecule has 0 aliphatic rings. The molecule has 3 N–H and O–H groups in total. The standard InChI is InChI=1S/C10H7Cl2N3O2/c11-5-1-6(12)3-7(2-5)14-9(16)8-4-17-10(13)15-8/h1-4H,(H2,13,15)(H,14,16). The molecule has 0 aliphatic heterocycles. The SMILES string of the molecule is Nc1nc(C(=O)Nc2cc(Cl)cc(Cl)c2)co1. The molecule has 0 atom stereocenters. The Morgan fingerprint density at radius 1 is 1.29 bits per heavy atom. The van der Waals surface area contributed by atoms with Gasteiger partial charge in [-0.05, 0) is 18.2 Å². The molecule has 2 aromatic rings. The number of oxazole rings is 1. The zero-order chi connectivity index (χ0) is 12.4. The van der Waals surface area contributed by atoms with Crippen LogP contribution < -0.4 is 11.1 Å². The molecule has 0 bridgehead atoms. The predicted octanol–water partition coefficient (Wildman–Crippen LogP) is 2.82. The summed E-state index contributed by atoms with van der Waals surface area (Å²) in [7, 11) is 0. The Bertz CT molecular complexity index is 548. The first-order chi connectivity index (χ1) is 8.04. The van der Waals surface area contributed by atoms with Crippen LogP contribution in [0.5, 0.6) is 0 Å². The molecular formula is C10H7Cl2N3O2. The van der Waals surface area contributed by atoms with E-state index in [1.807, 2.05) is 0 Å². The number of aromatic nitrogens is 1. The zero-order valence-electron chi connectivity index (χ0n) is 8.41. The van der Waals surface area contributed by atoms with Gasteiger partial charge in [-0.15, -0.1) is 0 Å². The van der Waals surface area contributed by atoms with Crippen LogP contribution in [0.4, 0.5) is 11.7 Å². The normalized spacial score (nSPS) is 10.2. The van der Waals surface area contributed by atoms with E-state index < -0.39 is 5.91 Å². The first-order valence-corrected chi connectivity index (χ1v) is 5.28. The summed E-state index contributed by atoms with van der Waals surface area (Å²) in [6, 6.07) is 4.62. The fraction of sp³-hybridized carbons (Fsp3) is 0. The number of amides is 1. The molecular weight excluding hydrogens is 265 g/mol. The lowest BCUT2D eigenvalue weighted by molar-refractivity contribution is 0.102. The molecule has 0 saturated heterocycles. The summed E-state index contributed by atoms with van der Waals surface area (Å²) in [6.45, 7) is 0. The number of nitrogens with zero attached hydrogens (tertiary/aromatic N) is 1. The third-order valence-corrected chi connectivity index (χ3v) is 2.31. The van der Waals surface area contributed by atoms with Gasteiger partial charge in [0.05, 0.1) is 0 Å². The highest BCUT2D eigenvalue weighted by Gasteiger charge is 2.11. The van der Waals surface area contributed by atoms with Crippen molar-refractivity contribution in [3.63, 3.8) is 0 Å². The molecule has 0 fully saturated rings. The van der Waals surface area contributed by atoms with E-state index in [-0.39, 0.29) is 11.7 Å². The maximum Gasteiger partial charge on any atom is 0.292 e. The van der Waals surface area contributed by atoms with Gasteiger partial charge in [0.1, 0.15) is 6.26 Å². The predicted molar refractivity (Wildman–Crippen MR) is 65.3 cm³/mol. The van der Waals surface area contributed by atoms with Crippen LogP contribution in [0.2, 0.25) is 10.0 Å². The zero-order valence-corrected chi connectivity index (χ0v) is 9.92. The van der Waals surface area contributed by atoms with Crippen molar-refractivity contribution in [2.45, 2.75) is 0 Å². The van der Waals surface area contributed by atoms with Gasteiger partial charge in [0.15, 0.2) is 5.69 Å². The van der Waals surface area contributed by atoms with Gasteiger partial charge in [0, 0.05) is 15.7 Å². The van der Waals surface area contributed by atoms with Crippen molar-refractivity contribution in [2.75, 3.05) is 11.1 Å². The van der Waals surface area contributed by atoms with Gasteiger partial charge >= 0.3 is 0 Å². The highest BCUT2D eigenvalue weighted by atomic mass is 35.5. The molecule has 7 heteroatoms. The average molecular weight is 272 g/mol. The van der Waals surface area contributed by atoms with Crippen LogP contribution in [0.3, 0.4) is 0 Å². The summed E-state index contributed by atoms with van der Waals surface area (Å²) in [6.07, 6.45) is 1.16. The summed E-state index contributed by atoms with van der Waals surface area (Å²) >= 11 is 11.6. The van der Waals surface area contributed by atoms with Crippen LogP contribution in [-0.4, -0.2) is 10.9 Å². The lowest BCUT2D eigenvalue weighted by Crippen LogP contribution is -2.12. The van der Waals surface area contributed by atoms with Crippen molar-refractivity contribution < 1.29 is 9.21 Å². The summed E-state index contributed by atoms with van der Waals surface area (Å²) in [5, 5.41) is 3.41. The molecule has 17 heavy (non-hydrogen) atoms. The highest BCUT2D eigenvalue weighted by molar-refractivity contribution is 6.35. The molecule has 2 rings (SSSR count). The number of halogens is 2. The number of carbonyl (C=O) groups is 1. The van der Waals surface area contributed by atoms with Gasteiger partial charge in [-0.2, -0.15) is 4.98 Å². The Kier molecular flexibility index (Phi) is 3.21. The van der Waals surface area contributed by atoms with Crippen LogP contribution in [0.15, 0.2) is 28.9 Å². The molecule has 0 aliphatic carbocycles. The van der Waals surface area contributed by atoms with Crippen molar-refractivity contribution in [1.82, 2.24) is 4.98 Å². The number of benzene rings is 1. The Morgan fingerprint density at radius 2 is 1.94 bits per heavy atom. The molecule has 0 unspecified atom stereocenters. The number of hydrogen-bond donors (Lipinski definition) is 2. The van der Waals surface area contributed by atoms with Gasteiger partial charge in [0.25, 0.3) is 11.9 Å². The number of anilines is 2. The average Bonchev–Trinajstić information content (AvgIpc) is 2.63. The summed E-state index contributed by atoms with van der Waals surface area (Å²) in [4.78, 5) is 15.4. The Balaban J connectivity index is 2.18. The fourth-order valence-corrected chi connectivity index (χ4v) is 1.74. The maximum atomic E-state index is 11.7. The molecule has 0 saturated carbocycles. The van der Waals surface area contributed by atoms with E-state index in [0.29, 0.717) is 15.7 Å². The number of rotatable bonds is 2. The number of nitrogen functional groups attached to an aromatic ring is 1. The van der Waals surface area contributed by atoms with E-state index in [1.165, 1.54) is 0 Å². The second kappa shape index (κ2) is 4.65. The van der Waals surface area contributed by atoms with Crippen LogP contribution in [0, 0.1) is 0 Å². The van der Waals surface area contributed by atoms with E-state index in [4.69, 9.17) is 33.4 Å². The lowest BCUT2D eigenvalue weighted by Gasteiger charge is -2.03. The summed E-state index contributed by atoms with van der Waals surface area (Å²) in [5.74, 6) is -0.455. The molecule has 0 spiro atoms. The van der Waals surface area contributed by atoms with Crippen molar-refractivity contribution in [3.8, 4) is 0 Å². The number of nitrogens with one attached hydrogen (secondary N) is 1. The second-order valence-electron chi connectivity index (χ2n) is 3.18. The fourth-order valence-electron chi connectivity index (χ4n) is 1.21. The summed E-state index contributed by atoms with van der Waals surface area (Å²) in [5.41, 5.74) is 5.81. The molecule has 1 aromatic carbocycles. The topological polar surface area (TPSA) is 81.1 Å². The van der Waals surface area contributed by atoms with Crippen molar-refractivity contribution in [1.29, 1.82) is 0 Å². The van der Waals surface area contributed by atoms with Gasteiger partial charge in [-0.3, -0.25) is 4.79 Å². The minimum absolute atomic E-state index is 0.0701. The molecule has 5 nitrogen and oxygen atoms in total. The Labute approximate surface area is 107 Å². The Hall–Kier alpha value is -1.72. The minimum Gasteiger partial charge on any atom is -0.431 e. The largest absolute Gasteiger partial charge is 0.431 e. The number of carbonyl (C=O) groups excluding carboxylic acids is 1. The van der Waals surface area contributed by atoms with E-state index in [1.54, 1.807) is 18.2 Å². The summed E-state index contributed by atoms with van der Waals surface area (Å²) < 4.78 is 4.72. The molecule has 1 aromatic heterocycles. The van der Waals surface area contributed by atoms with Crippen molar-refractivity contribution >= 4 is 40.8 Å². The molecule has 0 radical (unpaired) electrons. The smallest absolute Gasteiger partial charge is 0.292 e. The van der Waals surface area contributed by atoms with Gasteiger partial charge < -0.3 is 15.5 Å². The monoisotopic (exact) mass is 271 g/mol. The van der Waals surface area contributed by atoms with Gasteiger partial charge in [-0.1, -0.05) is 23.2 Å². The highest BCUT2D eigenvalue weighted by Crippen LogP contribution is 2.22. The van der Waals surface area contributed by atoms with E-state index in [2.05, 4.69) is 10.3 Å². The van der Waals surface area contributed by atoms with Crippen LogP contribution in [0.1, 0.15) is 10.5 Å². The van der Waals surface area contributed by atoms with E-state index >= 15 is 0 Å². The van der Waals surface area contributed by atoms with Crippen molar-refractivity contribution in [2.24, 2.45) is 0 Å². The van der Waals surface area contributed by atoms with Crippen LogP contribution in [0.25, 0.3) is 0 Å². The van der Waals surface area contributed by atoms with Crippen LogP contribution >= 0.6 is 23.2 Å². The number of nitrogens with two attached hydrogens (primary N) is 1. The molecule has 1 heterocycles. The minimum atomic E-state index is -0.455. The van der Waals surface area contributed by atoms with Gasteiger partial charge in [-0.25, -0.2) is 0 Å². The third kappa shape index (κ3) is 2.89. The lowest BCUT2D eigenvalue weighted by atomic mass is 10.3. The Morgan fingerprint density at radius 3 is 2.47 bits per heavy atom. The third-order valence-electron chi connectivity index (χ3n) is 1.88. The van der Waals surface area contributed by atoms with Gasteiger partial charge in [0.2, 0.25) is 0 Å². The maximum absolute atomic E-state index is 11.7. The second-order valence-corrected chi connectivity index (χ2v) is 4.06. The van der Waals surface area contributed by atoms with E-state index in [0.717, 1.165) is 6.26 Å². The van der Waals surface area contributed by atoms with E-state index in [9.17, 15) is 4.79 Å². The molecule has 88 valence electrons. The quantitative estimate of drug-likeness (QED) is 0.880. The molecule has 1 amide bonds. The first kappa shape index (κ1) is 11.8. The van der Waals surface area contributed by atoms with Crippen molar-refractivity contribution in [3.05, 3.63) is 40.2 Å². The van der Waals surface area contributed by atoms with Crippen LogP contribution in [-0.2, 0) is 0 Å². The first-order valence-electron chi connectivity index (χ1n) is 4.53.